The molecule has 134 valence electrons. The summed E-state index contributed by atoms with van der Waals surface area (Å²) in [7, 11) is 0. The lowest BCUT2D eigenvalue weighted by Crippen LogP contribution is -2.31. The van der Waals surface area contributed by atoms with Crippen molar-refractivity contribution >= 4 is 0 Å². The average Bonchev–Trinajstić information content (AvgIpc) is 3.01. The van der Waals surface area contributed by atoms with Crippen LogP contribution >= 0.6 is 0 Å². The normalized spacial score (nSPS) is 11.2. The van der Waals surface area contributed by atoms with Crippen LogP contribution < -0.4 is 4.57 Å². The van der Waals surface area contributed by atoms with E-state index in [-0.39, 0.29) is 0 Å². The van der Waals surface area contributed by atoms with Gasteiger partial charge in [0.2, 0.25) is 6.33 Å². The first-order valence-electron chi connectivity index (χ1n) is 9.57. The van der Waals surface area contributed by atoms with Crippen molar-refractivity contribution in [2.45, 2.75) is 78.3 Å². The molecule has 0 N–H and O–H groups in total. The van der Waals surface area contributed by atoms with Crippen LogP contribution in [0.15, 0.2) is 18.7 Å². The zero-order chi connectivity index (χ0) is 16.6. The minimum atomic E-state index is 0.902. The average molecular weight is 326 g/mol. The first-order valence-corrected chi connectivity index (χ1v) is 9.57. The van der Waals surface area contributed by atoms with E-state index >= 15 is 0 Å². The minimum Gasteiger partial charge on any atom is -0.381 e. The Balaban J connectivity index is 1.97. The van der Waals surface area contributed by atoms with E-state index in [9.17, 15) is 0 Å². The van der Waals surface area contributed by atoms with Crippen molar-refractivity contribution in [1.29, 1.82) is 0 Å². The molecule has 0 aliphatic heterocycles. The molecule has 1 heterocycles. The maximum atomic E-state index is 5.59. The Labute approximate surface area is 142 Å². The Morgan fingerprint density at radius 1 is 0.783 bits per heavy atom. The van der Waals surface area contributed by atoms with E-state index in [1.165, 1.54) is 38.5 Å². The van der Waals surface area contributed by atoms with E-state index in [4.69, 9.17) is 9.47 Å². The van der Waals surface area contributed by atoms with Crippen molar-refractivity contribution in [3.8, 4) is 0 Å². The second-order valence-corrected chi connectivity index (χ2v) is 6.24. The van der Waals surface area contributed by atoms with Gasteiger partial charge < -0.3 is 9.47 Å². The van der Waals surface area contributed by atoms with Gasteiger partial charge in [-0.1, -0.05) is 26.7 Å². The molecule has 4 nitrogen and oxygen atoms in total. The number of aryl methyl sites for hydroxylation is 2. The van der Waals surface area contributed by atoms with Gasteiger partial charge in [-0.3, -0.25) is 0 Å². The van der Waals surface area contributed by atoms with E-state index in [0.29, 0.717) is 0 Å². The van der Waals surface area contributed by atoms with Gasteiger partial charge in [-0.25, -0.2) is 9.13 Å². The summed E-state index contributed by atoms with van der Waals surface area (Å²) in [6.07, 6.45) is 16.0. The topological polar surface area (TPSA) is 27.3 Å². The number of imidazole rings is 1. The van der Waals surface area contributed by atoms with E-state index in [0.717, 1.165) is 52.4 Å². The van der Waals surface area contributed by atoms with Gasteiger partial charge >= 0.3 is 0 Å². The van der Waals surface area contributed by atoms with E-state index < -0.39 is 0 Å². The highest BCUT2D eigenvalue weighted by Crippen LogP contribution is 1.98. The Bertz CT molecular complexity index is 334. The van der Waals surface area contributed by atoms with Gasteiger partial charge in [0.1, 0.15) is 12.4 Å². The van der Waals surface area contributed by atoms with Crippen LogP contribution in [0.1, 0.15) is 65.2 Å². The van der Waals surface area contributed by atoms with Gasteiger partial charge in [-0.2, -0.15) is 0 Å². The van der Waals surface area contributed by atoms with Gasteiger partial charge in [0.25, 0.3) is 0 Å². The summed E-state index contributed by atoms with van der Waals surface area (Å²) in [5.41, 5.74) is 0. The molecule has 0 fully saturated rings. The highest BCUT2D eigenvalue weighted by Gasteiger charge is 2.03. The molecule has 0 bridgehead atoms. The molecule has 1 aromatic rings. The fraction of sp³-hybridized carbons (Fsp3) is 0.842. The summed E-state index contributed by atoms with van der Waals surface area (Å²) in [6, 6.07) is 0. The molecule has 0 saturated carbocycles. The predicted octanol–water partition coefficient (Wildman–Crippen LogP) is 3.97. The van der Waals surface area contributed by atoms with Crippen LogP contribution in [0.4, 0.5) is 0 Å². The zero-order valence-electron chi connectivity index (χ0n) is 15.3. The highest BCUT2D eigenvalue weighted by atomic mass is 16.5. The Morgan fingerprint density at radius 3 is 2.04 bits per heavy atom. The molecule has 0 spiro atoms. The summed E-state index contributed by atoms with van der Waals surface area (Å²) in [5.74, 6) is 0. The van der Waals surface area contributed by atoms with Crippen molar-refractivity contribution in [2.75, 3.05) is 26.4 Å². The first-order chi connectivity index (χ1) is 11.4. The summed E-state index contributed by atoms with van der Waals surface area (Å²) in [4.78, 5) is 0. The second-order valence-electron chi connectivity index (χ2n) is 6.24. The molecule has 0 atom stereocenters. The number of aromatic nitrogens is 2. The van der Waals surface area contributed by atoms with Crippen LogP contribution in [0.5, 0.6) is 0 Å². The van der Waals surface area contributed by atoms with Crippen LogP contribution in [-0.2, 0) is 22.6 Å². The van der Waals surface area contributed by atoms with Gasteiger partial charge in [-0.15, -0.1) is 0 Å². The molecule has 0 aliphatic carbocycles. The van der Waals surface area contributed by atoms with Crippen LogP contribution in [0.3, 0.4) is 0 Å². The van der Waals surface area contributed by atoms with Crippen LogP contribution in [0.2, 0.25) is 0 Å². The lowest BCUT2D eigenvalue weighted by Gasteiger charge is -2.02. The van der Waals surface area contributed by atoms with E-state index in [1.54, 1.807) is 0 Å². The first kappa shape index (κ1) is 20.2. The summed E-state index contributed by atoms with van der Waals surface area (Å²) in [6.45, 7) is 10.2. The molecule has 0 amide bonds. The van der Waals surface area contributed by atoms with Crippen molar-refractivity contribution in [2.24, 2.45) is 0 Å². The van der Waals surface area contributed by atoms with Gasteiger partial charge in [0, 0.05) is 26.4 Å². The van der Waals surface area contributed by atoms with Crippen molar-refractivity contribution in [3.63, 3.8) is 0 Å². The summed E-state index contributed by atoms with van der Waals surface area (Å²) >= 11 is 0. The van der Waals surface area contributed by atoms with Crippen molar-refractivity contribution in [3.05, 3.63) is 18.7 Å². The largest absolute Gasteiger partial charge is 0.381 e. The summed E-state index contributed by atoms with van der Waals surface area (Å²) in [5, 5.41) is 0. The zero-order valence-corrected chi connectivity index (χ0v) is 15.3. The summed E-state index contributed by atoms with van der Waals surface area (Å²) < 4.78 is 15.7. The van der Waals surface area contributed by atoms with Gasteiger partial charge in [-0.05, 0) is 38.5 Å². The molecule has 1 aromatic heterocycles. The fourth-order valence-corrected chi connectivity index (χ4v) is 2.40. The van der Waals surface area contributed by atoms with Crippen LogP contribution in [0, 0.1) is 0 Å². The molecule has 4 heteroatoms. The number of ether oxygens (including phenoxy) is 2. The molecule has 0 radical (unpaired) electrons. The molecule has 23 heavy (non-hydrogen) atoms. The third kappa shape index (κ3) is 11.3. The lowest BCUT2D eigenvalue weighted by atomic mass is 10.3. The molecular formula is C19H37N2O2+. The van der Waals surface area contributed by atoms with E-state index in [2.05, 4.69) is 41.7 Å². The number of nitrogens with zero attached hydrogens (tertiary/aromatic N) is 2. The molecule has 0 unspecified atom stereocenters. The molecule has 0 aliphatic rings. The van der Waals surface area contributed by atoms with E-state index in [1.807, 2.05) is 0 Å². The number of hydrogen-bond donors (Lipinski definition) is 0. The molecule has 0 aromatic carbocycles. The molecule has 1 rings (SSSR count). The molecule has 0 saturated heterocycles. The predicted molar refractivity (Wildman–Crippen MR) is 94.5 cm³/mol. The SMILES string of the molecule is CCCCOCCCCn1cc[n+](CCCCOCCCC)c1. The maximum absolute atomic E-state index is 5.59. The second kappa shape index (κ2) is 14.7. The highest BCUT2D eigenvalue weighted by molar-refractivity contribution is 4.66. The fourth-order valence-electron chi connectivity index (χ4n) is 2.40. The number of hydrogen-bond acceptors (Lipinski definition) is 2. The minimum absolute atomic E-state index is 0.902. The third-order valence-electron chi connectivity index (χ3n) is 3.94. The molecular weight excluding hydrogens is 288 g/mol. The van der Waals surface area contributed by atoms with Gasteiger partial charge in [0.15, 0.2) is 0 Å². The van der Waals surface area contributed by atoms with Crippen molar-refractivity contribution in [1.82, 2.24) is 4.57 Å². The van der Waals surface area contributed by atoms with Crippen molar-refractivity contribution < 1.29 is 14.0 Å². The van der Waals surface area contributed by atoms with Crippen LogP contribution in [-0.4, -0.2) is 31.0 Å². The quantitative estimate of drug-likeness (QED) is 0.340. The third-order valence-corrected chi connectivity index (χ3v) is 3.94. The Kier molecular flexibility index (Phi) is 12.9. The smallest absolute Gasteiger partial charge is 0.243 e. The van der Waals surface area contributed by atoms with Crippen LogP contribution in [0.25, 0.3) is 0 Å². The maximum Gasteiger partial charge on any atom is 0.243 e. The Hall–Kier alpha value is -0.870. The number of rotatable bonds is 16. The monoisotopic (exact) mass is 325 g/mol. The number of unbranched alkanes of at least 4 members (excludes halogenated alkanes) is 4. The van der Waals surface area contributed by atoms with Gasteiger partial charge in [0.05, 0.1) is 13.1 Å². The standard InChI is InChI=1S/C19H37N2O2/c1-3-5-15-22-17-9-7-11-20-13-14-21(19-20)12-8-10-18-23-16-6-4-2/h13-14,19H,3-12,15-18H2,1-2H3/q+1. The Morgan fingerprint density at radius 2 is 1.39 bits per heavy atom. The lowest BCUT2D eigenvalue weighted by molar-refractivity contribution is -0.697.